The molecule has 160 valence electrons. The van der Waals surface area contributed by atoms with Crippen LogP contribution < -0.4 is 10.6 Å². The zero-order valence-corrected chi connectivity index (χ0v) is 18.0. The molecule has 2 aromatic rings. The van der Waals surface area contributed by atoms with Gasteiger partial charge in [-0.3, -0.25) is 14.4 Å². The molecule has 1 saturated heterocycles. The van der Waals surface area contributed by atoms with Gasteiger partial charge in [-0.15, -0.1) is 24.1 Å². The minimum Gasteiger partial charge on any atom is -0.481 e. The van der Waals surface area contributed by atoms with Crippen LogP contribution in [0.5, 0.6) is 0 Å². The topological polar surface area (TPSA) is 101 Å². The van der Waals surface area contributed by atoms with Gasteiger partial charge >= 0.3 is 5.97 Å². The molecule has 0 radical (unpaired) electrons. The number of nitrogens with zero attached hydrogens (tertiary/aromatic N) is 1. The highest BCUT2D eigenvalue weighted by Gasteiger charge is 2.36. The number of hydrogen-bond acceptors (Lipinski definition) is 4. The second-order valence-corrected chi connectivity index (χ2v) is 8.51. The number of terminal acetylenes is 1. The largest absolute Gasteiger partial charge is 0.481 e. The van der Waals surface area contributed by atoms with E-state index in [9.17, 15) is 14.4 Å². The molecule has 1 aliphatic heterocycles. The van der Waals surface area contributed by atoms with Crippen LogP contribution in [0.15, 0.2) is 42.5 Å². The Bertz CT molecular complexity index is 1060. The number of rotatable bonds is 8. The number of primary amides is 1. The van der Waals surface area contributed by atoms with Gasteiger partial charge in [0.15, 0.2) is 0 Å². The van der Waals surface area contributed by atoms with Crippen LogP contribution in [0.1, 0.15) is 48.0 Å². The van der Waals surface area contributed by atoms with E-state index in [0.717, 1.165) is 28.8 Å². The van der Waals surface area contributed by atoms with Gasteiger partial charge < -0.3 is 15.7 Å². The quantitative estimate of drug-likeness (QED) is 0.612. The lowest BCUT2D eigenvalue weighted by Gasteiger charge is -2.26. The normalized spacial score (nSPS) is 16.7. The smallest absolute Gasteiger partial charge is 0.305 e. The summed E-state index contributed by atoms with van der Waals surface area (Å²) in [6.45, 7) is 2.04. The van der Waals surface area contributed by atoms with Gasteiger partial charge in [-0.2, -0.15) is 0 Å². The summed E-state index contributed by atoms with van der Waals surface area (Å²) in [4.78, 5) is 37.5. The molecular weight excluding hydrogens is 412 g/mol. The molecule has 0 aromatic heterocycles. The molecule has 0 bridgehead atoms. The number of benzene rings is 2. The van der Waals surface area contributed by atoms with Crippen molar-refractivity contribution in [2.75, 3.05) is 10.8 Å². The van der Waals surface area contributed by atoms with Crippen molar-refractivity contribution < 1.29 is 19.5 Å². The van der Waals surface area contributed by atoms with E-state index < -0.39 is 17.1 Å². The fraction of sp³-hybridized carbons (Fsp3) is 0.292. The van der Waals surface area contributed by atoms with Gasteiger partial charge in [0, 0.05) is 17.7 Å². The van der Waals surface area contributed by atoms with Crippen molar-refractivity contribution in [3.63, 3.8) is 0 Å². The van der Waals surface area contributed by atoms with Crippen molar-refractivity contribution in [2.45, 2.75) is 37.4 Å². The fourth-order valence-electron chi connectivity index (χ4n) is 3.87. The fourth-order valence-corrected chi connectivity index (χ4v) is 4.99. The number of carbonyl (C=O) groups is 3. The Hall–Kier alpha value is -3.24. The Morgan fingerprint density at radius 1 is 1.32 bits per heavy atom. The number of hydrogen-bond donors (Lipinski definition) is 2. The molecule has 1 heterocycles. The van der Waals surface area contributed by atoms with Crippen LogP contribution in [0.2, 0.25) is 0 Å². The molecule has 7 heteroatoms. The number of thioether (sulfide) groups is 1. The van der Waals surface area contributed by atoms with Gasteiger partial charge in [-0.25, -0.2) is 0 Å². The van der Waals surface area contributed by atoms with Gasteiger partial charge in [0.2, 0.25) is 11.8 Å². The Balaban J connectivity index is 2.15. The van der Waals surface area contributed by atoms with Crippen molar-refractivity contribution in [3.8, 4) is 23.5 Å². The van der Waals surface area contributed by atoms with E-state index in [4.69, 9.17) is 17.3 Å². The highest BCUT2D eigenvalue weighted by Crippen LogP contribution is 2.42. The average molecular weight is 437 g/mol. The molecule has 6 nitrogen and oxygen atoms in total. The van der Waals surface area contributed by atoms with E-state index in [2.05, 4.69) is 5.92 Å². The van der Waals surface area contributed by atoms with Gasteiger partial charge in [0.05, 0.1) is 17.5 Å². The SMILES string of the molecule is C#CCC(CC)c1c(-c2cccc(C(N)=O)c2)cccc1N1CSC(CC(=O)O)C1=O. The van der Waals surface area contributed by atoms with E-state index in [0.29, 0.717) is 17.9 Å². The van der Waals surface area contributed by atoms with Gasteiger partial charge in [-0.1, -0.05) is 31.2 Å². The predicted octanol–water partition coefficient (Wildman–Crippen LogP) is 3.85. The lowest BCUT2D eigenvalue weighted by atomic mass is 9.85. The summed E-state index contributed by atoms with van der Waals surface area (Å²) in [6, 6.07) is 12.7. The maximum absolute atomic E-state index is 13.0. The maximum Gasteiger partial charge on any atom is 0.305 e. The number of aliphatic carboxylic acids is 1. The first-order valence-corrected chi connectivity index (χ1v) is 11.0. The van der Waals surface area contributed by atoms with Crippen molar-refractivity contribution in [1.29, 1.82) is 0 Å². The van der Waals surface area contributed by atoms with Crippen LogP contribution >= 0.6 is 11.8 Å². The average Bonchev–Trinajstić information content (AvgIpc) is 3.11. The van der Waals surface area contributed by atoms with Crippen molar-refractivity contribution in [2.24, 2.45) is 5.73 Å². The van der Waals surface area contributed by atoms with Crippen LogP contribution in [0.4, 0.5) is 5.69 Å². The maximum atomic E-state index is 13.0. The Morgan fingerprint density at radius 3 is 2.71 bits per heavy atom. The van der Waals surface area contributed by atoms with Crippen LogP contribution in [0.3, 0.4) is 0 Å². The molecule has 2 amide bonds. The zero-order chi connectivity index (χ0) is 22.5. The first kappa shape index (κ1) is 22.4. The molecule has 0 spiro atoms. The van der Waals surface area contributed by atoms with Crippen LogP contribution in [0.25, 0.3) is 11.1 Å². The first-order valence-electron chi connectivity index (χ1n) is 9.98. The second kappa shape index (κ2) is 9.71. The zero-order valence-electron chi connectivity index (χ0n) is 17.2. The molecule has 2 aromatic carbocycles. The van der Waals surface area contributed by atoms with E-state index >= 15 is 0 Å². The highest BCUT2D eigenvalue weighted by atomic mass is 32.2. The second-order valence-electron chi connectivity index (χ2n) is 7.35. The molecule has 1 fully saturated rings. The lowest BCUT2D eigenvalue weighted by molar-refractivity contribution is -0.138. The lowest BCUT2D eigenvalue weighted by Crippen LogP contribution is -2.31. The van der Waals surface area contributed by atoms with Crippen molar-refractivity contribution in [1.82, 2.24) is 0 Å². The minimum absolute atomic E-state index is 0.00948. The third-order valence-electron chi connectivity index (χ3n) is 5.40. The first-order chi connectivity index (χ1) is 14.9. The number of carbonyl (C=O) groups excluding carboxylic acids is 2. The molecule has 1 aliphatic rings. The summed E-state index contributed by atoms with van der Waals surface area (Å²) in [6.07, 6.45) is 6.68. The number of carboxylic acid groups (broad SMARTS) is 1. The van der Waals surface area contributed by atoms with Crippen LogP contribution in [0, 0.1) is 12.3 Å². The van der Waals surface area contributed by atoms with Crippen LogP contribution in [-0.4, -0.2) is 34.0 Å². The number of carboxylic acids is 1. The predicted molar refractivity (Wildman–Crippen MR) is 123 cm³/mol. The summed E-state index contributed by atoms with van der Waals surface area (Å²) in [7, 11) is 0. The molecular formula is C24H24N2O4S. The molecule has 0 saturated carbocycles. The Morgan fingerprint density at radius 2 is 2.06 bits per heavy atom. The Labute approximate surface area is 185 Å². The third kappa shape index (κ3) is 4.75. The summed E-state index contributed by atoms with van der Waals surface area (Å²) >= 11 is 1.33. The number of nitrogens with two attached hydrogens (primary N) is 1. The molecule has 3 N–H and O–H groups in total. The number of anilines is 1. The van der Waals surface area contributed by atoms with E-state index in [1.165, 1.54) is 11.8 Å². The molecule has 0 aliphatic carbocycles. The Kier molecular flexibility index (Phi) is 7.03. The van der Waals surface area contributed by atoms with E-state index in [1.54, 1.807) is 23.1 Å². The van der Waals surface area contributed by atoms with Crippen molar-refractivity contribution in [3.05, 3.63) is 53.6 Å². The summed E-state index contributed by atoms with van der Waals surface area (Å²) in [5.41, 5.74) is 9.21. The van der Waals surface area contributed by atoms with Crippen molar-refractivity contribution >= 4 is 35.2 Å². The highest BCUT2D eigenvalue weighted by molar-refractivity contribution is 8.01. The molecule has 2 unspecified atom stereocenters. The standard InChI is InChI=1S/C24H24N2O4S/c1-3-7-15(4-2)22-18(16-8-5-9-17(12-16)23(25)29)10-6-11-19(22)26-14-31-20(24(26)30)13-21(27)28/h1,5-6,8-12,15,20H,4,7,13-14H2,2H3,(H2,25,29)(H,27,28). The van der Waals surface area contributed by atoms with Gasteiger partial charge in [0.1, 0.15) is 0 Å². The minimum atomic E-state index is -0.997. The summed E-state index contributed by atoms with van der Waals surface area (Å²) in [5.74, 6) is 1.37. The number of amides is 2. The van der Waals surface area contributed by atoms with Crippen LogP contribution in [-0.2, 0) is 9.59 Å². The third-order valence-corrected chi connectivity index (χ3v) is 6.58. The van der Waals surface area contributed by atoms with E-state index in [-0.39, 0.29) is 18.2 Å². The van der Waals surface area contributed by atoms with Gasteiger partial charge in [0.25, 0.3) is 0 Å². The summed E-state index contributed by atoms with van der Waals surface area (Å²) < 4.78 is 0. The summed E-state index contributed by atoms with van der Waals surface area (Å²) in [5, 5.41) is 8.51. The molecule has 31 heavy (non-hydrogen) atoms. The molecule has 3 rings (SSSR count). The van der Waals surface area contributed by atoms with Gasteiger partial charge in [-0.05, 0) is 47.2 Å². The molecule has 2 atom stereocenters. The monoisotopic (exact) mass is 436 g/mol. The van der Waals surface area contributed by atoms with E-state index in [1.807, 2.05) is 31.2 Å².